The van der Waals surface area contributed by atoms with Gasteiger partial charge in [-0.2, -0.15) is 0 Å². The molecule has 7 heteroatoms. The van der Waals surface area contributed by atoms with Crippen molar-refractivity contribution in [2.45, 2.75) is 6.61 Å². The molecule has 6 nitrogen and oxygen atoms in total. The van der Waals surface area contributed by atoms with Crippen molar-refractivity contribution in [1.29, 1.82) is 0 Å². The molecule has 2 aromatic carbocycles. The summed E-state index contributed by atoms with van der Waals surface area (Å²) < 4.78 is 0.442. The third-order valence-electron chi connectivity index (χ3n) is 2.79. The average molecular weight is 351 g/mol. The number of halogens is 1. The van der Waals surface area contributed by atoms with Crippen LogP contribution >= 0.6 is 15.9 Å². The molecule has 0 bridgehead atoms. The molecular formula is C14H11BrN2O4. The zero-order valence-electron chi connectivity index (χ0n) is 10.7. The number of carbonyl (C=O) groups is 1. The van der Waals surface area contributed by atoms with Crippen molar-refractivity contribution in [1.82, 2.24) is 0 Å². The number of carbonyl (C=O) groups excluding carboxylic acids is 1. The van der Waals surface area contributed by atoms with Crippen LogP contribution in [0.5, 0.6) is 0 Å². The number of nitrogens with one attached hydrogen (secondary N) is 1. The van der Waals surface area contributed by atoms with E-state index >= 15 is 0 Å². The van der Waals surface area contributed by atoms with E-state index in [2.05, 4.69) is 21.2 Å². The molecule has 2 N–H and O–H groups in total. The van der Waals surface area contributed by atoms with E-state index in [0.29, 0.717) is 15.7 Å². The molecule has 21 heavy (non-hydrogen) atoms. The lowest BCUT2D eigenvalue weighted by molar-refractivity contribution is -0.384. The van der Waals surface area contributed by atoms with E-state index in [9.17, 15) is 20.0 Å². The number of hydrogen-bond donors (Lipinski definition) is 2. The van der Waals surface area contributed by atoms with E-state index in [0.717, 1.165) is 0 Å². The highest BCUT2D eigenvalue weighted by Gasteiger charge is 2.14. The number of nitro benzene ring substituents is 1. The topological polar surface area (TPSA) is 92.5 Å². The molecule has 0 spiro atoms. The maximum absolute atomic E-state index is 12.2. The van der Waals surface area contributed by atoms with Gasteiger partial charge in [0.15, 0.2) is 0 Å². The lowest BCUT2D eigenvalue weighted by Gasteiger charge is -2.09. The van der Waals surface area contributed by atoms with Gasteiger partial charge in [-0.3, -0.25) is 14.9 Å². The quantitative estimate of drug-likeness (QED) is 0.654. The molecule has 1 amide bonds. The Morgan fingerprint density at radius 1 is 1.29 bits per heavy atom. The zero-order chi connectivity index (χ0) is 15.4. The monoisotopic (exact) mass is 350 g/mol. The van der Waals surface area contributed by atoms with Crippen LogP contribution in [0.1, 0.15) is 15.9 Å². The number of anilines is 1. The lowest BCUT2D eigenvalue weighted by atomic mass is 10.1. The number of para-hydroxylation sites is 1. The van der Waals surface area contributed by atoms with Crippen LogP contribution in [0.3, 0.4) is 0 Å². The number of nitrogens with zero attached hydrogens (tertiary/aromatic N) is 1. The fourth-order valence-electron chi connectivity index (χ4n) is 1.79. The summed E-state index contributed by atoms with van der Waals surface area (Å²) in [6, 6.07) is 10.8. The summed E-state index contributed by atoms with van der Waals surface area (Å²) in [5.41, 5.74) is 1.01. The maximum atomic E-state index is 12.2. The van der Waals surface area contributed by atoms with E-state index in [-0.39, 0.29) is 17.9 Å². The molecule has 2 rings (SSSR count). The van der Waals surface area contributed by atoms with Gasteiger partial charge in [-0.1, -0.05) is 34.1 Å². The first-order valence-corrected chi connectivity index (χ1v) is 6.75. The molecule has 0 atom stereocenters. The Morgan fingerprint density at radius 2 is 2.00 bits per heavy atom. The van der Waals surface area contributed by atoms with Gasteiger partial charge in [-0.15, -0.1) is 0 Å². The van der Waals surface area contributed by atoms with E-state index in [4.69, 9.17) is 0 Å². The molecular weight excluding hydrogens is 340 g/mol. The highest BCUT2D eigenvalue weighted by Crippen LogP contribution is 2.23. The summed E-state index contributed by atoms with van der Waals surface area (Å²) >= 11 is 3.14. The molecule has 0 aromatic heterocycles. The number of nitro groups is 1. The van der Waals surface area contributed by atoms with Gasteiger partial charge in [0.25, 0.3) is 11.6 Å². The second-order valence-corrected chi connectivity index (χ2v) is 5.14. The van der Waals surface area contributed by atoms with Gasteiger partial charge in [-0.25, -0.2) is 0 Å². The summed E-state index contributed by atoms with van der Waals surface area (Å²) in [7, 11) is 0. The second kappa shape index (κ2) is 6.47. The lowest BCUT2D eigenvalue weighted by Crippen LogP contribution is -2.13. The van der Waals surface area contributed by atoms with Crippen molar-refractivity contribution in [3.63, 3.8) is 0 Å². The molecule has 0 heterocycles. The van der Waals surface area contributed by atoms with Crippen molar-refractivity contribution in [3.8, 4) is 0 Å². The van der Waals surface area contributed by atoms with Crippen LogP contribution in [0, 0.1) is 10.1 Å². The number of rotatable bonds is 4. The largest absolute Gasteiger partial charge is 0.392 e. The van der Waals surface area contributed by atoms with Crippen LogP contribution in [-0.4, -0.2) is 15.9 Å². The van der Waals surface area contributed by atoms with Gasteiger partial charge < -0.3 is 10.4 Å². The van der Waals surface area contributed by atoms with E-state index < -0.39 is 10.8 Å². The molecule has 0 aliphatic heterocycles. The Kier molecular flexibility index (Phi) is 4.66. The van der Waals surface area contributed by atoms with Crippen LogP contribution in [0.25, 0.3) is 0 Å². The molecule has 108 valence electrons. The average Bonchev–Trinajstić information content (AvgIpc) is 2.47. The van der Waals surface area contributed by atoms with Gasteiger partial charge >= 0.3 is 0 Å². The third-order valence-corrected chi connectivity index (χ3v) is 3.25. The Hall–Kier alpha value is -2.25. The smallest absolute Gasteiger partial charge is 0.271 e. The molecule has 0 aliphatic rings. The summed E-state index contributed by atoms with van der Waals surface area (Å²) in [6.45, 7) is -0.213. The van der Waals surface area contributed by atoms with E-state index in [1.807, 2.05) is 0 Å². The minimum absolute atomic E-state index is 0.156. The fourth-order valence-corrected chi connectivity index (χ4v) is 2.27. The number of hydrogen-bond acceptors (Lipinski definition) is 4. The van der Waals surface area contributed by atoms with E-state index in [1.54, 1.807) is 24.3 Å². The van der Waals surface area contributed by atoms with Gasteiger partial charge in [0.2, 0.25) is 0 Å². The van der Waals surface area contributed by atoms with Crippen LogP contribution in [0.4, 0.5) is 11.4 Å². The zero-order valence-corrected chi connectivity index (χ0v) is 12.3. The molecule has 0 fully saturated rings. The highest BCUT2D eigenvalue weighted by atomic mass is 79.9. The Bertz CT molecular complexity index is 703. The third kappa shape index (κ3) is 3.65. The molecule has 0 unspecified atom stereocenters. The normalized spacial score (nSPS) is 10.2. The first-order chi connectivity index (χ1) is 10.0. The molecule has 0 saturated carbocycles. The van der Waals surface area contributed by atoms with Crippen molar-refractivity contribution >= 4 is 33.2 Å². The second-order valence-electron chi connectivity index (χ2n) is 4.22. The van der Waals surface area contributed by atoms with Gasteiger partial charge in [-0.05, 0) is 12.1 Å². The maximum Gasteiger partial charge on any atom is 0.271 e. The first-order valence-electron chi connectivity index (χ1n) is 5.96. The molecule has 2 aromatic rings. The fraction of sp³-hybridized carbons (Fsp3) is 0.0714. The standard InChI is InChI=1S/C14H11BrN2O4/c15-11-5-10(6-12(7-11)17(20)21)14(19)16-13-4-2-1-3-9(13)8-18/h1-7,18H,8H2,(H,16,19). The SMILES string of the molecule is O=C(Nc1ccccc1CO)c1cc(Br)cc([N+](=O)[O-])c1. The highest BCUT2D eigenvalue weighted by molar-refractivity contribution is 9.10. The molecule has 0 aliphatic carbocycles. The van der Waals surface area contributed by atoms with Crippen LogP contribution in [0.2, 0.25) is 0 Å². The Balaban J connectivity index is 2.30. The Morgan fingerprint density at radius 3 is 2.67 bits per heavy atom. The van der Waals surface area contributed by atoms with Crippen LogP contribution in [0.15, 0.2) is 46.9 Å². The first kappa shape index (κ1) is 15.1. The summed E-state index contributed by atoms with van der Waals surface area (Å²) in [6.07, 6.45) is 0. The van der Waals surface area contributed by atoms with Gasteiger partial charge in [0.1, 0.15) is 0 Å². The van der Waals surface area contributed by atoms with Gasteiger partial charge in [0.05, 0.1) is 11.5 Å². The van der Waals surface area contributed by atoms with E-state index in [1.165, 1.54) is 18.2 Å². The van der Waals surface area contributed by atoms with Crippen LogP contribution in [-0.2, 0) is 6.61 Å². The minimum Gasteiger partial charge on any atom is -0.392 e. The number of non-ortho nitro benzene ring substituents is 1. The number of benzene rings is 2. The predicted octanol–water partition coefficient (Wildman–Crippen LogP) is 3.10. The van der Waals surface area contributed by atoms with Crippen LogP contribution < -0.4 is 5.32 Å². The molecule has 0 radical (unpaired) electrons. The van der Waals surface area contributed by atoms with Crippen molar-refractivity contribution in [3.05, 3.63) is 68.2 Å². The van der Waals surface area contributed by atoms with Crippen molar-refractivity contribution in [2.75, 3.05) is 5.32 Å². The summed E-state index contributed by atoms with van der Waals surface area (Å²) in [4.78, 5) is 22.4. The summed E-state index contributed by atoms with van der Waals surface area (Å²) in [5.74, 6) is -0.486. The van der Waals surface area contributed by atoms with Gasteiger partial charge in [0, 0.05) is 33.4 Å². The number of aliphatic hydroxyl groups excluding tert-OH is 1. The Labute approximate surface area is 128 Å². The molecule has 0 saturated heterocycles. The number of aliphatic hydroxyl groups is 1. The number of amides is 1. The minimum atomic E-state index is -0.566. The summed E-state index contributed by atoms with van der Waals surface area (Å²) in [5, 5.41) is 22.7. The predicted molar refractivity (Wildman–Crippen MR) is 81.1 cm³/mol. The van der Waals surface area contributed by atoms with Crippen molar-refractivity contribution in [2.24, 2.45) is 0 Å². The van der Waals surface area contributed by atoms with Crippen molar-refractivity contribution < 1.29 is 14.8 Å².